The first-order valence-electron chi connectivity index (χ1n) is 10.4. The maximum atomic E-state index is 4.63. The van der Waals surface area contributed by atoms with Gasteiger partial charge in [0.25, 0.3) is 0 Å². The topological polar surface area (TPSA) is 25.8 Å². The lowest BCUT2D eigenvalue weighted by atomic mass is 10.1. The molecule has 0 amide bonds. The molecule has 0 N–H and O–H groups in total. The molecule has 2 heterocycles. The summed E-state index contributed by atoms with van der Waals surface area (Å²) in [6, 6.07) is 36.7. The van der Waals surface area contributed by atoms with Gasteiger partial charge in [0.1, 0.15) is 0 Å². The molecule has 0 radical (unpaired) electrons. The fourth-order valence-electron chi connectivity index (χ4n) is 4.34. The second-order valence-electron chi connectivity index (χ2n) is 7.53. The lowest BCUT2D eigenvalue weighted by Gasteiger charge is -2.23. The number of aromatic nitrogens is 2. The van der Waals surface area contributed by atoms with E-state index in [9.17, 15) is 0 Å². The van der Waals surface area contributed by atoms with Crippen LogP contribution in [0.3, 0.4) is 0 Å². The van der Waals surface area contributed by atoms with Crippen LogP contribution in [0.25, 0.3) is 32.6 Å². The summed E-state index contributed by atoms with van der Waals surface area (Å²) in [5.41, 5.74) is 2.07. The fourth-order valence-corrected chi connectivity index (χ4v) is 7.09. The molecule has 0 aliphatic heterocycles. The second-order valence-corrected chi connectivity index (χ2v) is 9.64. The Hall–Kier alpha value is -3.61. The van der Waals surface area contributed by atoms with Gasteiger partial charge in [0.15, 0.2) is 0 Å². The molecular formula is C28H19N2P. The monoisotopic (exact) mass is 414 g/mol. The summed E-state index contributed by atoms with van der Waals surface area (Å²) in [7, 11) is -0.825. The van der Waals surface area contributed by atoms with Crippen molar-refractivity contribution in [2.45, 2.75) is 0 Å². The van der Waals surface area contributed by atoms with Gasteiger partial charge in [0.05, 0.1) is 11.0 Å². The number of pyridine rings is 2. The molecule has 31 heavy (non-hydrogen) atoms. The van der Waals surface area contributed by atoms with Gasteiger partial charge in [-0.05, 0) is 58.9 Å². The molecule has 0 saturated carbocycles. The number of rotatable bonds is 3. The molecule has 0 saturated heterocycles. The largest absolute Gasteiger partial charge is 0.256 e. The molecule has 0 bridgehead atoms. The van der Waals surface area contributed by atoms with Crippen LogP contribution < -0.4 is 15.9 Å². The highest BCUT2D eigenvalue weighted by Crippen LogP contribution is 2.39. The lowest BCUT2D eigenvalue weighted by molar-refractivity contribution is 1.42. The molecule has 0 aliphatic rings. The Morgan fingerprint density at radius 3 is 1.55 bits per heavy atom. The van der Waals surface area contributed by atoms with Crippen molar-refractivity contribution in [3.8, 4) is 0 Å². The van der Waals surface area contributed by atoms with E-state index >= 15 is 0 Å². The van der Waals surface area contributed by atoms with Gasteiger partial charge in [-0.3, -0.25) is 9.97 Å². The van der Waals surface area contributed by atoms with E-state index < -0.39 is 7.92 Å². The van der Waals surface area contributed by atoms with E-state index in [2.05, 4.69) is 113 Å². The van der Waals surface area contributed by atoms with Crippen LogP contribution in [0.1, 0.15) is 0 Å². The minimum absolute atomic E-state index is 0.825. The number of fused-ring (bicyclic) bond motifs is 3. The molecule has 6 rings (SSSR count). The first kappa shape index (κ1) is 18.2. The minimum Gasteiger partial charge on any atom is -0.256 e. The molecule has 0 unspecified atom stereocenters. The Morgan fingerprint density at radius 1 is 0.419 bits per heavy atom. The van der Waals surface area contributed by atoms with Crippen molar-refractivity contribution in [2.75, 3.05) is 0 Å². The van der Waals surface area contributed by atoms with Crippen molar-refractivity contribution >= 4 is 56.4 Å². The molecule has 0 spiro atoms. The maximum Gasteiger partial charge on any atom is 0.0708 e. The number of benzene rings is 4. The molecule has 3 heteroatoms. The zero-order chi connectivity index (χ0) is 20.6. The summed E-state index contributed by atoms with van der Waals surface area (Å²) in [5.74, 6) is 0. The molecule has 6 aromatic rings. The highest BCUT2D eigenvalue weighted by molar-refractivity contribution is 7.81. The highest BCUT2D eigenvalue weighted by atomic mass is 31.1. The predicted molar refractivity (Wildman–Crippen MR) is 133 cm³/mol. The average molecular weight is 414 g/mol. The molecule has 2 aromatic heterocycles. The Balaban J connectivity index is 1.75. The SMILES string of the molecule is c1ccc2c(P(c3ccnc4ccccc34)c3ccnc4ccccc34)cccc2c1. The van der Waals surface area contributed by atoms with Gasteiger partial charge in [-0.1, -0.05) is 78.9 Å². The summed E-state index contributed by atoms with van der Waals surface area (Å²) < 4.78 is 0. The Bertz CT molecular complexity index is 1350. The summed E-state index contributed by atoms with van der Waals surface area (Å²) in [5, 5.41) is 9.01. The highest BCUT2D eigenvalue weighted by Gasteiger charge is 2.23. The number of hydrogen-bond donors (Lipinski definition) is 0. The van der Waals surface area contributed by atoms with Crippen LogP contribution in [-0.2, 0) is 0 Å². The van der Waals surface area contributed by atoms with Crippen LogP contribution in [0.5, 0.6) is 0 Å². The minimum atomic E-state index is -0.825. The molecule has 2 nitrogen and oxygen atoms in total. The summed E-state index contributed by atoms with van der Waals surface area (Å²) in [6.07, 6.45) is 3.89. The number of nitrogens with zero attached hydrogens (tertiary/aromatic N) is 2. The number of para-hydroxylation sites is 2. The van der Waals surface area contributed by atoms with Crippen LogP contribution >= 0.6 is 7.92 Å². The van der Waals surface area contributed by atoms with Gasteiger partial charge in [-0.2, -0.15) is 0 Å². The van der Waals surface area contributed by atoms with Gasteiger partial charge in [0.2, 0.25) is 0 Å². The Labute approximate surface area is 182 Å². The zero-order valence-electron chi connectivity index (χ0n) is 16.8. The van der Waals surface area contributed by atoms with E-state index in [1.807, 2.05) is 12.4 Å². The molecule has 0 aliphatic carbocycles. The molecule has 0 atom stereocenters. The molecule has 146 valence electrons. The normalized spacial score (nSPS) is 11.5. The van der Waals surface area contributed by atoms with Crippen molar-refractivity contribution in [2.24, 2.45) is 0 Å². The maximum absolute atomic E-state index is 4.63. The van der Waals surface area contributed by atoms with E-state index in [-0.39, 0.29) is 0 Å². The third-order valence-corrected chi connectivity index (χ3v) is 8.36. The van der Waals surface area contributed by atoms with E-state index in [1.54, 1.807) is 0 Å². The van der Waals surface area contributed by atoms with Gasteiger partial charge >= 0.3 is 0 Å². The standard InChI is InChI=1S/C28H19N2P/c1-2-10-21-20(8-1)9-7-15-26(21)31(27-16-18-29-24-13-5-3-11-22(24)27)28-17-19-30-25-14-6-4-12-23(25)28/h1-19H. The van der Waals surface area contributed by atoms with E-state index in [1.165, 1.54) is 37.5 Å². The van der Waals surface area contributed by atoms with Crippen LogP contribution in [0.4, 0.5) is 0 Å². The quantitative estimate of drug-likeness (QED) is 0.348. The summed E-state index contributed by atoms with van der Waals surface area (Å²) in [4.78, 5) is 9.27. The van der Waals surface area contributed by atoms with Gasteiger partial charge in [0, 0.05) is 23.2 Å². The van der Waals surface area contributed by atoms with E-state index in [4.69, 9.17) is 0 Å². The molecule has 0 fully saturated rings. The first-order valence-corrected chi connectivity index (χ1v) is 11.7. The number of hydrogen-bond acceptors (Lipinski definition) is 2. The van der Waals surface area contributed by atoms with Crippen LogP contribution in [0.2, 0.25) is 0 Å². The van der Waals surface area contributed by atoms with Gasteiger partial charge < -0.3 is 0 Å². The Kier molecular flexibility index (Phi) is 4.44. The lowest BCUT2D eigenvalue weighted by Crippen LogP contribution is -2.23. The third-order valence-electron chi connectivity index (χ3n) is 5.74. The summed E-state index contributed by atoms with van der Waals surface area (Å²) >= 11 is 0. The van der Waals surface area contributed by atoms with Crippen molar-refractivity contribution < 1.29 is 0 Å². The van der Waals surface area contributed by atoms with Gasteiger partial charge in [-0.25, -0.2) is 0 Å². The van der Waals surface area contributed by atoms with Crippen molar-refractivity contribution in [3.05, 3.63) is 116 Å². The van der Waals surface area contributed by atoms with Crippen LogP contribution in [-0.4, -0.2) is 9.97 Å². The van der Waals surface area contributed by atoms with E-state index in [0.717, 1.165) is 11.0 Å². The fraction of sp³-hybridized carbons (Fsp3) is 0. The average Bonchev–Trinajstić information content (AvgIpc) is 2.85. The Morgan fingerprint density at radius 2 is 0.903 bits per heavy atom. The van der Waals surface area contributed by atoms with E-state index in [0.29, 0.717) is 0 Å². The van der Waals surface area contributed by atoms with Crippen molar-refractivity contribution in [1.29, 1.82) is 0 Å². The first-order chi connectivity index (χ1) is 15.4. The van der Waals surface area contributed by atoms with Crippen molar-refractivity contribution in [1.82, 2.24) is 9.97 Å². The molecule has 4 aromatic carbocycles. The van der Waals surface area contributed by atoms with Crippen LogP contribution in [0, 0.1) is 0 Å². The summed E-state index contributed by atoms with van der Waals surface area (Å²) in [6.45, 7) is 0. The smallest absolute Gasteiger partial charge is 0.0708 e. The van der Waals surface area contributed by atoms with Crippen LogP contribution in [0.15, 0.2) is 116 Å². The van der Waals surface area contributed by atoms with Gasteiger partial charge in [-0.15, -0.1) is 0 Å². The predicted octanol–water partition coefficient (Wildman–Crippen LogP) is 5.69. The molecular weight excluding hydrogens is 395 g/mol. The third kappa shape index (κ3) is 3.08. The second kappa shape index (κ2) is 7.58. The zero-order valence-corrected chi connectivity index (χ0v) is 17.7. The van der Waals surface area contributed by atoms with Crippen molar-refractivity contribution in [3.63, 3.8) is 0 Å².